The van der Waals surface area contributed by atoms with Crippen molar-refractivity contribution in [3.05, 3.63) is 54.4 Å². The van der Waals surface area contributed by atoms with Crippen molar-refractivity contribution >= 4 is 10.0 Å². The van der Waals surface area contributed by atoms with E-state index in [0.29, 0.717) is 24.4 Å². The van der Waals surface area contributed by atoms with E-state index in [1.807, 2.05) is 0 Å². The second-order valence-corrected chi connectivity index (χ2v) is 7.61. The molecule has 8 nitrogen and oxygen atoms in total. The highest BCUT2D eigenvalue weighted by atomic mass is 32.2. The first-order valence-corrected chi connectivity index (χ1v) is 9.23. The van der Waals surface area contributed by atoms with Gasteiger partial charge in [0.1, 0.15) is 10.6 Å². The normalized spacial score (nSPS) is 15.1. The molecule has 2 aromatic heterocycles. The first-order valence-electron chi connectivity index (χ1n) is 7.79. The van der Waals surface area contributed by atoms with Crippen molar-refractivity contribution < 1.29 is 13.2 Å². The van der Waals surface area contributed by atoms with Crippen molar-refractivity contribution in [2.24, 2.45) is 0 Å². The van der Waals surface area contributed by atoms with Crippen molar-refractivity contribution in [1.29, 1.82) is 0 Å². The number of nitrogens with one attached hydrogen (secondary N) is 1. The van der Waals surface area contributed by atoms with Crippen molar-refractivity contribution in [2.45, 2.75) is 17.9 Å². The summed E-state index contributed by atoms with van der Waals surface area (Å²) in [4.78, 5) is 7.36. The molecule has 1 aromatic carbocycles. The minimum absolute atomic E-state index is 0.131. The summed E-state index contributed by atoms with van der Waals surface area (Å²) >= 11 is 0. The highest BCUT2D eigenvalue weighted by molar-refractivity contribution is 7.89. The largest absolute Gasteiger partial charge is 0.495 e. The lowest BCUT2D eigenvalue weighted by atomic mass is 10.2. The SMILES string of the molecule is COc1ccc(-n2cccn2)cc1S(=O)(=O)N1CCc2nc[nH]c2C1. The Labute approximate surface area is 145 Å². The van der Waals surface area contributed by atoms with Crippen LogP contribution in [-0.2, 0) is 23.0 Å². The number of hydrogen-bond acceptors (Lipinski definition) is 5. The Bertz CT molecular complexity index is 995. The second-order valence-electron chi connectivity index (χ2n) is 5.70. The molecular formula is C16H17N5O3S. The minimum Gasteiger partial charge on any atom is -0.495 e. The summed E-state index contributed by atoms with van der Waals surface area (Å²) in [6.45, 7) is 0.655. The van der Waals surface area contributed by atoms with E-state index in [-0.39, 0.29) is 11.4 Å². The zero-order chi connectivity index (χ0) is 17.4. The van der Waals surface area contributed by atoms with Gasteiger partial charge >= 0.3 is 0 Å². The lowest BCUT2D eigenvalue weighted by molar-refractivity contribution is 0.374. The Morgan fingerprint density at radius 2 is 2.20 bits per heavy atom. The van der Waals surface area contributed by atoms with Crippen molar-refractivity contribution in [2.75, 3.05) is 13.7 Å². The summed E-state index contributed by atoms with van der Waals surface area (Å²) in [5.74, 6) is 0.311. The van der Waals surface area contributed by atoms with Gasteiger partial charge in [0, 0.05) is 25.4 Å². The fraction of sp³-hybridized carbons (Fsp3) is 0.250. The van der Waals surface area contributed by atoms with Gasteiger partial charge in [-0.1, -0.05) is 0 Å². The van der Waals surface area contributed by atoms with Crippen molar-refractivity contribution in [1.82, 2.24) is 24.1 Å². The molecule has 130 valence electrons. The number of sulfonamides is 1. The molecule has 25 heavy (non-hydrogen) atoms. The van der Waals surface area contributed by atoms with E-state index in [1.54, 1.807) is 47.7 Å². The summed E-state index contributed by atoms with van der Waals surface area (Å²) in [7, 11) is -2.26. The van der Waals surface area contributed by atoms with Crippen LogP contribution in [-0.4, -0.2) is 46.1 Å². The number of imidazole rings is 1. The molecule has 1 N–H and O–H groups in total. The maximum absolute atomic E-state index is 13.2. The number of ether oxygens (including phenoxy) is 1. The van der Waals surface area contributed by atoms with Gasteiger partial charge in [-0.05, 0) is 24.3 Å². The van der Waals surface area contributed by atoms with Crippen molar-refractivity contribution in [3.8, 4) is 11.4 Å². The average Bonchev–Trinajstić information content (AvgIpc) is 3.32. The topological polar surface area (TPSA) is 93.1 Å². The Morgan fingerprint density at radius 1 is 1.32 bits per heavy atom. The van der Waals surface area contributed by atoms with Gasteiger partial charge in [-0.25, -0.2) is 18.1 Å². The highest BCUT2D eigenvalue weighted by Crippen LogP contribution is 2.31. The molecule has 0 radical (unpaired) electrons. The van der Waals surface area contributed by atoms with E-state index >= 15 is 0 Å². The Balaban J connectivity index is 1.76. The van der Waals surface area contributed by atoms with Crippen LogP contribution in [0.1, 0.15) is 11.4 Å². The summed E-state index contributed by atoms with van der Waals surface area (Å²) in [6.07, 6.45) is 5.58. The molecule has 0 aliphatic carbocycles. The Hall–Kier alpha value is -2.65. The zero-order valence-corrected chi connectivity index (χ0v) is 14.4. The van der Waals surface area contributed by atoms with Crippen LogP contribution in [0, 0.1) is 0 Å². The molecule has 0 bridgehead atoms. The molecule has 1 aliphatic heterocycles. The van der Waals surface area contributed by atoms with E-state index in [2.05, 4.69) is 15.1 Å². The smallest absolute Gasteiger partial charge is 0.247 e. The summed E-state index contributed by atoms with van der Waals surface area (Å²) < 4.78 is 34.8. The van der Waals surface area contributed by atoms with Gasteiger partial charge < -0.3 is 9.72 Å². The third-order valence-corrected chi connectivity index (χ3v) is 6.14. The number of fused-ring (bicyclic) bond motifs is 1. The number of rotatable bonds is 4. The summed E-state index contributed by atoms with van der Waals surface area (Å²) in [5, 5.41) is 4.15. The zero-order valence-electron chi connectivity index (χ0n) is 13.6. The highest BCUT2D eigenvalue weighted by Gasteiger charge is 2.32. The standard InChI is InChI=1S/C16H17N5O3S/c1-24-15-4-3-12(21-7-2-6-19-21)9-16(15)25(22,23)20-8-5-13-14(10-20)18-11-17-13/h2-4,6-7,9,11H,5,8,10H2,1H3,(H,17,18). The molecule has 0 saturated carbocycles. The van der Waals surface area contributed by atoms with Crippen LogP contribution in [0.15, 0.2) is 47.9 Å². The van der Waals surface area contributed by atoms with E-state index in [1.165, 1.54) is 11.4 Å². The Morgan fingerprint density at radius 3 is 2.96 bits per heavy atom. The van der Waals surface area contributed by atoms with E-state index in [4.69, 9.17) is 4.74 Å². The van der Waals surface area contributed by atoms with Gasteiger partial charge in [0.15, 0.2) is 0 Å². The monoisotopic (exact) mass is 359 g/mol. The van der Waals surface area contributed by atoms with Gasteiger partial charge in [0.25, 0.3) is 0 Å². The number of hydrogen-bond donors (Lipinski definition) is 1. The van der Waals surface area contributed by atoms with E-state index in [0.717, 1.165) is 11.4 Å². The van der Waals surface area contributed by atoms with Crippen LogP contribution in [0.4, 0.5) is 0 Å². The Kier molecular flexibility index (Phi) is 3.81. The molecule has 9 heteroatoms. The number of benzene rings is 1. The lowest BCUT2D eigenvalue weighted by Gasteiger charge is -2.26. The number of aromatic amines is 1. The first kappa shape index (κ1) is 15.9. The van der Waals surface area contributed by atoms with Gasteiger partial charge in [-0.2, -0.15) is 9.40 Å². The fourth-order valence-corrected chi connectivity index (χ4v) is 4.55. The van der Waals surface area contributed by atoms with Crippen LogP contribution in [0.2, 0.25) is 0 Å². The van der Waals surface area contributed by atoms with Gasteiger partial charge in [-0.15, -0.1) is 0 Å². The third kappa shape index (κ3) is 2.71. The number of H-pyrrole nitrogens is 1. The van der Waals surface area contributed by atoms with Crippen LogP contribution in [0.25, 0.3) is 5.69 Å². The molecule has 3 aromatic rings. The predicted octanol–water partition coefficient (Wildman–Crippen LogP) is 1.35. The van der Waals surface area contributed by atoms with Gasteiger partial charge in [0.05, 0.1) is 37.1 Å². The summed E-state index contributed by atoms with van der Waals surface area (Å²) in [5.41, 5.74) is 2.41. The second kappa shape index (κ2) is 6.01. The molecule has 0 saturated heterocycles. The number of aromatic nitrogens is 4. The molecule has 1 aliphatic rings. The summed E-state index contributed by atoms with van der Waals surface area (Å²) in [6, 6.07) is 6.79. The molecule has 0 unspecified atom stereocenters. The molecular weight excluding hydrogens is 342 g/mol. The molecule has 3 heterocycles. The average molecular weight is 359 g/mol. The van der Waals surface area contributed by atoms with Crippen LogP contribution in [0.5, 0.6) is 5.75 Å². The first-order chi connectivity index (χ1) is 12.1. The predicted molar refractivity (Wildman–Crippen MR) is 90.0 cm³/mol. The van der Waals surface area contributed by atoms with Crippen LogP contribution < -0.4 is 4.74 Å². The van der Waals surface area contributed by atoms with E-state index in [9.17, 15) is 8.42 Å². The number of methoxy groups -OCH3 is 1. The molecule has 4 rings (SSSR count). The number of nitrogens with zero attached hydrogens (tertiary/aromatic N) is 4. The minimum atomic E-state index is -3.72. The van der Waals surface area contributed by atoms with Gasteiger partial charge in [-0.3, -0.25) is 0 Å². The maximum Gasteiger partial charge on any atom is 0.247 e. The van der Waals surface area contributed by atoms with Gasteiger partial charge in [0.2, 0.25) is 10.0 Å². The molecule has 0 atom stereocenters. The van der Waals surface area contributed by atoms with Crippen LogP contribution in [0.3, 0.4) is 0 Å². The quantitative estimate of drug-likeness (QED) is 0.759. The van der Waals surface area contributed by atoms with Crippen LogP contribution >= 0.6 is 0 Å². The molecule has 0 fully saturated rings. The lowest BCUT2D eigenvalue weighted by Crippen LogP contribution is -2.36. The third-order valence-electron chi connectivity index (χ3n) is 4.27. The fourth-order valence-electron chi connectivity index (χ4n) is 2.96. The van der Waals surface area contributed by atoms with Crippen molar-refractivity contribution in [3.63, 3.8) is 0 Å². The molecule has 0 spiro atoms. The molecule has 0 amide bonds. The maximum atomic E-state index is 13.2. The van der Waals surface area contributed by atoms with E-state index < -0.39 is 10.0 Å².